The van der Waals surface area contributed by atoms with Crippen LogP contribution in [0.5, 0.6) is 0 Å². The second kappa shape index (κ2) is 10.3. The van der Waals surface area contributed by atoms with Crippen LogP contribution in [-0.4, -0.2) is 25.6 Å². The van der Waals surface area contributed by atoms with Crippen molar-refractivity contribution in [3.63, 3.8) is 0 Å². The molecule has 11 heteroatoms. The zero-order valence-electron chi connectivity index (χ0n) is 17.6. The highest BCUT2D eigenvalue weighted by molar-refractivity contribution is 6.31. The minimum Gasteiger partial charge on any atom is -0.350 e. The fourth-order valence-corrected chi connectivity index (χ4v) is 3.61. The van der Waals surface area contributed by atoms with Crippen molar-refractivity contribution in [3.8, 4) is 0 Å². The zero-order valence-corrected chi connectivity index (χ0v) is 19.1. The highest BCUT2D eigenvalue weighted by Gasteiger charge is 2.25. The Morgan fingerprint density at radius 2 is 1.44 bits per heavy atom. The molecule has 4 aromatic rings. The molecule has 1 aromatic heterocycles. The van der Waals surface area contributed by atoms with Crippen LogP contribution in [-0.2, 0) is 13.1 Å². The summed E-state index contributed by atoms with van der Waals surface area (Å²) < 4.78 is 0.994. The van der Waals surface area contributed by atoms with Crippen molar-refractivity contribution in [2.45, 2.75) is 13.1 Å². The molecule has 2 N–H and O–H groups in total. The number of aromatic nitrogens is 3. The van der Waals surface area contributed by atoms with Gasteiger partial charge < -0.3 is 10.6 Å². The lowest BCUT2D eigenvalue weighted by atomic mass is 10.1. The molecule has 0 aliphatic rings. The van der Waals surface area contributed by atoms with Crippen LogP contribution < -0.4 is 10.6 Å². The quantitative estimate of drug-likeness (QED) is 0.247. The van der Waals surface area contributed by atoms with Gasteiger partial charge in [0, 0.05) is 29.2 Å². The highest BCUT2D eigenvalue weighted by atomic mass is 35.5. The minimum absolute atomic E-state index is 0.102. The number of nitro benzene ring substituents is 1. The Morgan fingerprint density at radius 3 is 2.06 bits per heavy atom. The third-order valence-electron chi connectivity index (χ3n) is 4.92. The van der Waals surface area contributed by atoms with E-state index in [-0.39, 0.29) is 29.7 Å². The number of para-hydroxylation sites is 1. The van der Waals surface area contributed by atoms with Crippen LogP contribution in [0.15, 0.2) is 72.8 Å². The molecule has 0 atom stereocenters. The first-order chi connectivity index (χ1) is 16.4. The molecule has 0 saturated carbocycles. The number of halogens is 2. The first kappa shape index (κ1) is 23.2. The summed E-state index contributed by atoms with van der Waals surface area (Å²) in [5.41, 5.74) is 1.15. The number of nitrogens with one attached hydrogen (secondary N) is 2. The van der Waals surface area contributed by atoms with Crippen molar-refractivity contribution in [2.24, 2.45) is 0 Å². The first-order valence-electron chi connectivity index (χ1n) is 10.1. The van der Waals surface area contributed by atoms with Crippen molar-refractivity contribution >= 4 is 46.7 Å². The van der Waals surface area contributed by atoms with Crippen LogP contribution in [0.4, 0.5) is 17.6 Å². The summed E-state index contributed by atoms with van der Waals surface area (Å²) in [6, 6.07) is 20.2. The number of hydrogen-bond donors (Lipinski definition) is 2. The number of nitrogens with zero attached hydrogens (tertiary/aromatic N) is 4. The largest absolute Gasteiger partial charge is 0.350 e. The standard InChI is InChI=1S/C23H18Cl2N6O3/c24-18-10-4-1-7-15(18)13-26-22-28-23(27-14-16-8-2-5-11-19(16)25)30(29-22)21(32)17-9-3-6-12-20(17)31(33)34/h1-12H,13-14H2,(H2,26,27,28,29). The van der Waals surface area contributed by atoms with Gasteiger partial charge in [-0.05, 0) is 29.3 Å². The average Bonchev–Trinajstić information content (AvgIpc) is 3.25. The fourth-order valence-electron chi connectivity index (χ4n) is 3.20. The smallest absolute Gasteiger partial charge is 0.288 e. The molecule has 0 unspecified atom stereocenters. The summed E-state index contributed by atoms with van der Waals surface area (Å²) >= 11 is 12.4. The van der Waals surface area contributed by atoms with Crippen LogP contribution in [0.1, 0.15) is 21.5 Å². The van der Waals surface area contributed by atoms with E-state index in [2.05, 4.69) is 20.7 Å². The molecule has 1 heterocycles. The predicted octanol–water partition coefficient (Wildman–Crippen LogP) is 5.41. The Morgan fingerprint density at radius 1 is 0.882 bits per heavy atom. The number of anilines is 2. The van der Waals surface area contributed by atoms with Crippen molar-refractivity contribution in [3.05, 3.63) is 110 Å². The summed E-state index contributed by atoms with van der Waals surface area (Å²) in [5, 5.41) is 22.9. The van der Waals surface area contributed by atoms with Gasteiger partial charge in [0.15, 0.2) is 0 Å². The Hall–Kier alpha value is -3.95. The third-order valence-corrected chi connectivity index (χ3v) is 5.66. The van der Waals surface area contributed by atoms with Crippen LogP contribution in [0.3, 0.4) is 0 Å². The SMILES string of the molecule is O=C(c1ccccc1[N+](=O)[O-])n1nc(NCc2ccccc2Cl)nc1NCc1ccccc1Cl. The average molecular weight is 497 g/mol. The Bertz CT molecular complexity index is 1360. The van der Waals surface area contributed by atoms with Gasteiger partial charge >= 0.3 is 0 Å². The Labute approximate surface area is 204 Å². The van der Waals surface area contributed by atoms with Gasteiger partial charge in [0.25, 0.3) is 11.6 Å². The summed E-state index contributed by atoms with van der Waals surface area (Å²) in [6.45, 7) is 0.569. The van der Waals surface area contributed by atoms with E-state index in [1.165, 1.54) is 18.2 Å². The van der Waals surface area contributed by atoms with E-state index in [1.54, 1.807) is 18.2 Å². The maximum absolute atomic E-state index is 13.3. The van der Waals surface area contributed by atoms with E-state index < -0.39 is 10.8 Å². The number of hydrogen-bond acceptors (Lipinski definition) is 7. The van der Waals surface area contributed by atoms with Gasteiger partial charge in [-0.25, -0.2) is 0 Å². The van der Waals surface area contributed by atoms with Gasteiger partial charge in [0.1, 0.15) is 5.56 Å². The molecular formula is C23H18Cl2N6O3. The maximum atomic E-state index is 13.3. The summed E-state index contributed by atoms with van der Waals surface area (Å²) in [7, 11) is 0. The highest BCUT2D eigenvalue weighted by Crippen LogP contribution is 2.23. The first-order valence-corrected chi connectivity index (χ1v) is 10.9. The van der Waals surface area contributed by atoms with Crippen molar-refractivity contribution in [1.82, 2.24) is 14.8 Å². The minimum atomic E-state index is -0.702. The maximum Gasteiger partial charge on any atom is 0.288 e. The number of rotatable bonds is 8. The molecule has 0 fully saturated rings. The number of benzene rings is 3. The van der Waals surface area contributed by atoms with E-state index in [4.69, 9.17) is 23.2 Å². The van der Waals surface area contributed by atoms with Gasteiger partial charge in [-0.2, -0.15) is 9.67 Å². The third kappa shape index (κ3) is 5.16. The van der Waals surface area contributed by atoms with Crippen molar-refractivity contribution in [1.29, 1.82) is 0 Å². The number of carbonyl (C=O) groups is 1. The van der Waals surface area contributed by atoms with E-state index >= 15 is 0 Å². The Kier molecular flexibility index (Phi) is 7.05. The summed E-state index contributed by atoms with van der Waals surface area (Å²) in [4.78, 5) is 28.5. The molecule has 0 saturated heterocycles. The number of carbonyl (C=O) groups excluding carboxylic acids is 1. The van der Waals surface area contributed by atoms with Gasteiger partial charge in [0.2, 0.25) is 11.9 Å². The topological polar surface area (TPSA) is 115 Å². The molecule has 4 rings (SSSR count). The molecule has 0 aliphatic carbocycles. The molecule has 0 spiro atoms. The normalized spacial score (nSPS) is 10.6. The molecule has 3 aromatic carbocycles. The molecular weight excluding hydrogens is 479 g/mol. The van der Waals surface area contributed by atoms with Crippen molar-refractivity contribution in [2.75, 3.05) is 10.6 Å². The molecule has 0 aliphatic heterocycles. The van der Waals surface area contributed by atoms with E-state index in [9.17, 15) is 14.9 Å². The van der Waals surface area contributed by atoms with E-state index in [1.807, 2.05) is 36.4 Å². The molecule has 172 valence electrons. The van der Waals surface area contributed by atoms with Gasteiger partial charge in [-0.1, -0.05) is 71.7 Å². The lowest BCUT2D eigenvalue weighted by Crippen LogP contribution is -2.19. The predicted molar refractivity (Wildman–Crippen MR) is 130 cm³/mol. The van der Waals surface area contributed by atoms with E-state index in [0.29, 0.717) is 16.6 Å². The molecule has 9 nitrogen and oxygen atoms in total. The monoisotopic (exact) mass is 496 g/mol. The van der Waals surface area contributed by atoms with E-state index in [0.717, 1.165) is 15.8 Å². The number of nitro groups is 1. The van der Waals surface area contributed by atoms with Gasteiger partial charge in [-0.3, -0.25) is 14.9 Å². The summed E-state index contributed by atoms with van der Waals surface area (Å²) in [6.07, 6.45) is 0. The molecule has 0 bridgehead atoms. The van der Waals surface area contributed by atoms with Gasteiger partial charge in [0.05, 0.1) is 4.92 Å². The fraction of sp³-hybridized carbons (Fsp3) is 0.0870. The van der Waals surface area contributed by atoms with Crippen molar-refractivity contribution < 1.29 is 9.72 Å². The van der Waals surface area contributed by atoms with Crippen LogP contribution in [0.25, 0.3) is 0 Å². The lowest BCUT2D eigenvalue weighted by molar-refractivity contribution is -0.385. The second-order valence-corrected chi connectivity index (χ2v) is 7.95. The van der Waals surface area contributed by atoms with Gasteiger partial charge in [-0.15, -0.1) is 5.10 Å². The molecule has 0 amide bonds. The molecule has 34 heavy (non-hydrogen) atoms. The molecule has 0 radical (unpaired) electrons. The zero-order chi connectivity index (χ0) is 24.1. The van der Waals surface area contributed by atoms with Crippen LogP contribution >= 0.6 is 23.2 Å². The summed E-state index contributed by atoms with van der Waals surface area (Å²) in [5.74, 6) is -0.453. The Balaban J connectivity index is 1.65. The van der Waals surface area contributed by atoms with Crippen LogP contribution in [0.2, 0.25) is 10.0 Å². The lowest BCUT2D eigenvalue weighted by Gasteiger charge is -2.08. The second-order valence-electron chi connectivity index (χ2n) is 7.14. The van der Waals surface area contributed by atoms with Crippen LogP contribution in [0, 0.1) is 10.1 Å².